The highest BCUT2D eigenvalue weighted by molar-refractivity contribution is 5.76. The van der Waals surface area contributed by atoms with E-state index >= 15 is 0 Å². The van der Waals surface area contributed by atoms with E-state index in [1.165, 1.54) is 11.1 Å². The molecule has 0 atom stereocenters. The molecule has 6 heteroatoms. The van der Waals surface area contributed by atoms with Crippen LogP contribution in [0.4, 0.5) is 0 Å². The summed E-state index contributed by atoms with van der Waals surface area (Å²) in [5.41, 5.74) is 4.22. The predicted molar refractivity (Wildman–Crippen MR) is 134 cm³/mol. The number of nitrogens with zero attached hydrogens (tertiary/aromatic N) is 2. The molecule has 0 aliphatic rings. The fourth-order valence-corrected chi connectivity index (χ4v) is 4.13. The van der Waals surface area contributed by atoms with Gasteiger partial charge in [-0.3, -0.25) is 14.6 Å². The zero-order chi connectivity index (χ0) is 23.8. The van der Waals surface area contributed by atoms with Crippen LogP contribution in [0.3, 0.4) is 0 Å². The monoisotopic (exact) mass is 452 g/mol. The van der Waals surface area contributed by atoms with Crippen molar-refractivity contribution < 1.29 is 4.79 Å². The SMILES string of the molecule is Cc1nc(-c2ccncc2)[nH]c(=O)c1CCC(=O)NCCC(c1ccccc1)c1ccccc1. The third kappa shape index (κ3) is 5.84. The number of pyridine rings is 1. The summed E-state index contributed by atoms with van der Waals surface area (Å²) in [6.07, 6.45) is 4.69. The van der Waals surface area contributed by atoms with Crippen LogP contribution in [0.1, 0.15) is 41.1 Å². The van der Waals surface area contributed by atoms with Gasteiger partial charge in [0.1, 0.15) is 5.82 Å². The van der Waals surface area contributed by atoms with Crippen LogP contribution in [0.15, 0.2) is 90.0 Å². The van der Waals surface area contributed by atoms with E-state index in [0.717, 1.165) is 12.0 Å². The van der Waals surface area contributed by atoms with Crippen molar-refractivity contribution in [3.8, 4) is 11.4 Å². The molecule has 4 rings (SSSR count). The van der Waals surface area contributed by atoms with E-state index in [2.05, 4.69) is 44.5 Å². The van der Waals surface area contributed by atoms with Gasteiger partial charge in [-0.2, -0.15) is 0 Å². The Morgan fingerprint density at radius 3 is 2.15 bits per heavy atom. The molecule has 2 heterocycles. The molecule has 0 unspecified atom stereocenters. The lowest BCUT2D eigenvalue weighted by Crippen LogP contribution is -2.27. The zero-order valence-corrected chi connectivity index (χ0v) is 19.2. The lowest BCUT2D eigenvalue weighted by atomic mass is 9.88. The summed E-state index contributed by atoms with van der Waals surface area (Å²) in [6, 6.07) is 24.3. The van der Waals surface area contributed by atoms with Crippen LogP contribution in [-0.4, -0.2) is 27.4 Å². The molecule has 172 valence electrons. The first-order valence-corrected chi connectivity index (χ1v) is 11.5. The number of carbonyl (C=O) groups is 1. The molecule has 0 saturated carbocycles. The first kappa shape index (κ1) is 23.1. The molecule has 34 heavy (non-hydrogen) atoms. The molecule has 2 aromatic carbocycles. The lowest BCUT2D eigenvalue weighted by Gasteiger charge is -2.18. The van der Waals surface area contributed by atoms with E-state index in [1.807, 2.05) is 36.4 Å². The number of aryl methyl sites for hydroxylation is 1. The van der Waals surface area contributed by atoms with Crippen LogP contribution in [-0.2, 0) is 11.2 Å². The minimum atomic E-state index is -0.208. The fourth-order valence-electron chi connectivity index (χ4n) is 4.13. The van der Waals surface area contributed by atoms with Crippen LogP contribution in [0.2, 0.25) is 0 Å². The van der Waals surface area contributed by atoms with Gasteiger partial charge < -0.3 is 10.3 Å². The molecule has 0 radical (unpaired) electrons. The average Bonchev–Trinajstić information content (AvgIpc) is 2.87. The van der Waals surface area contributed by atoms with Gasteiger partial charge in [0.25, 0.3) is 5.56 Å². The van der Waals surface area contributed by atoms with Gasteiger partial charge in [0.2, 0.25) is 5.91 Å². The standard InChI is InChI=1S/C28H28N4O2/c1-20-24(28(34)32-27(31-20)23-14-17-29-18-15-23)12-13-26(33)30-19-16-25(21-8-4-2-5-9-21)22-10-6-3-7-11-22/h2-11,14-15,17-18,25H,12-13,16,19H2,1H3,(H,30,33)(H,31,32,34). The van der Waals surface area contributed by atoms with Gasteiger partial charge in [0.15, 0.2) is 0 Å². The highest BCUT2D eigenvalue weighted by Crippen LogP contribution is 2.27. The third-order valence-electron chi connectivity index (χ3n) is 5.94. The van der Waals surface area contributed by atoms with Gasteiger partial charge in [-0.15, -0.1) is 0 Å². The van der Waals surface area contributed by atoms with Crippen molar-refractivity contribution in [1.82, 2.24) is 20.3 Å². The lowest BCUT2D eigenvalue weighted by molar-refractivity contribution is -0.121. The second-order valence-electron chi connectivity index (χ2n) is 8.23. The molecular weight excluding hydrogens is 424 g/mol. The normalized spacial score (nSPS) is 10.9. The molecule has 0 saturated heterocycles. The van der Waals surface area contributed by atoms with E-state index < -0.39 is 0 Å². The third-order valence-corrected chi connectivity index (χ3v) is 5.94. The van der Waals surface area contributed by atoms with Crippen LogP contribution >= 0.6 is 0 Å². The first-order valence-electron chi connectivity index (χ1n) is 11.5. The maximum atomic E-state index is 12.6. The summed E-state index contributed by atoms with van der Waals surface area (Å²) in [4.78, 5) is 36.5. The summed E-state index contributed by atoms with van der Waals surface area (Å²) < 4.78 is 0. The van der Waals surface area contributed by atoms with Crippen molar-refractivity contribution >= 4 is 5.91 Å². The van der Waals surface area contributed by atoms with Crippen LogP contribution in [0, 0.1) is 6.92 Å². The summed E-state index contributed by atoms with van der Waals surface area (Å²) in [5.74, 6) is 0.639. The van der Waals surface area contributed by atoms with Gasteiger partial charge in [0.05, 0.1) is 0 Å². The number of nitrogens with one attached hydrogen (secondary N) is 2. The maximum Gasteiger partial charge on any atom is 0.254 e. The number of benzene rings is 2. The number of aromatic amines is 1. The van der Waals surface area contributed by atoms with Crippen molar-refractivity contribution in [2.75, 3.05) is 6.54 Å². The Balaban J connectivity index is 1.35. The van der Waals surface area contributed by atoms with Crippen molar-refractivity contribution in [3.05, 3.63) is 118 Å². The van der Waals surface area contributed by atoms with Crippen molar-refractivity contribution in [1.29, 1.82) is 0 Å². The molecule has 0 fully saturated rings. The Morgan fingerprint density at radius 2 is 1.56 bits per heavy atom. The number of carbonyl (C=O) groups excluding carboxylic acids is 1. The molecule has 0 bridgehead atoms. The zero-order valence-electron chi connectivity index (χ0n) is 19.2. The van der Waals surface area contributed by atoms with E-state index in [-0.39, 0.29) is 23.8 Å². The average molecular weight is 453 g/mol. The Hall–Kier alpha value is -4.06. The highest BCUT2D eigenvalue weighted by atomic mass is 16.1. The second-order valence-corrected chi connectivity index (χ2v) is 8.23. The minimum absolute atomic E-state index is 0.0723. The van der Waals surface area contributed by atoms with Gasteiger partial charge in [-0.05, 0) is 43.0 Å². The van der Waals surface area contributed by atoms with E-state index in [1.54, 1.807) is 31.5 Å². The first-order chi connectivity index (χ1) is 16.6. The van der Waals surface area contributed by atoms with Gasteiger partial charge in [-0.1, -0.05) is 60.7 Å². The van der Waals surface area contributed by atoms with Gasteiger partial charge in [-0.25, -0.2) is 4.98 Å². The molecule has 0 aliphatic carbocycles. The summed E-state index contributed by atoms with van der Waals surface area (Å²) in [5, 5.41) is 3.02. The van der Waals surface area contributed by atoms with E-state index in [0.29, 0.717) is 30.0 Å². The Kier molecular flexibility index (Phi) is 7.60. The van der Waals surface area contributed by atoms with Crippen LogP contribution in [0.5, 0.6) is 0 Å². The van der Waals surface area contributed by atoms with Crippen LogP contribution in [0.25, 0.3) is 11.4 Å². The molecule has 2 N–H and O–H groups in total. The molecule has 1 amide bonds. The Labute approximate surface area is 199 Å². The Bertz CT molecular complexity index is 1230. The van der Waals surface area contributed by atoms with Crippen molar-refractivity contribution in [2.24, 2.45) is 0 Å². The smallest absolute Gasteiger partial charge is 0.254 e. The molecule has 0 aliphatic heterocycles. The topological polar surface area (TPSA) is 87.7 Å². The number of rotatable bonds is 9. The van der Waals surface area contributed by atoms with Gasteiger partial charge in [0, 0.05) is 48.1 Å². The van der Waals surface area contributed by atoms with Crippen LogP contribution < -0.4 is 10.9 Å². The number of aromatic nitrogens is 3. The highest BCUT2D eigenvalue weighted by Gasteiger charge is 2.15. The number of hydrogen-bond acceptors (Lipinski definition) is 4. The molecule has 4 aromatic rings. The fraction of sp³-hybridized carbons (Fsp3) is 0.214. The number of hydrogen-bond donors (Lipinski definition) is 2. The molecule has 0 spiro atoms. The minimum Gasteiger partial charge on any atom is -0.356 e. The van der Waals surface area contributed by atoms with Gasteiger partial charge >= 0.3 is 0 Å². The summed E-state index contributed by atoms with van der Waals surface area (Å²) in [7, 11) is 0. The quantitative estimate of drug-likeness (QED) is 0.394. The van der Waals surface area contributed by atoms with Crippen molar-refractivity contribution in [3.63, 3.8) is 0 Å². The largest absolute Gasteiger partial charge is 0.356 e. The summed E-state index contributed by atoms with van der Waals surface area (Å²) >= 11 is 0. The predicted octanol–water partition coefficient (Wildman–Crippen LogP) is 4.41. The maximum absolute atomic E-state index is 12.6. The molecule has 6 nitrogen and oxygen atoms in total. The molecular formula is C28H28N4O2. The van der Waals surface area contributed by atoms with Crippen molar-refractivity contribution in [2.45, 2.75) is 32.1 Å². The number of amides is 1. The van der Waals surface area contributed by atoms with E-state index in [4.69, 9.17) is 0 Å². The molecule has 2 aromatic heterocycles. The second kappa shape index (κ2) is 11.2. The summed E-state index contributed by atoms with van der Waals surface area (Å²) in [6.45, 7) is 2.36. The Morgan fingerprint density at radius 1 is 0.941 bits per heavy atom. The number of H-pyrrole nitrogens is 1. The van der Waals surface area contributed by atoms with E-state index in [9.17, 15) is 9.59 Å².